The summed E-state index contributed by atoms with van der Waals surface area (Å²) >= 11 is 8.51. The Labute approximate surface area is 222 Å². The molecule has 0 bridgehead atoms. The van der Waals surface area contributed by atoms with Gasteiger partial charge in [0.2, 0.25) is 0 Å². The number of carbonyl (C=O) groups is 1. The number of nitrogens with zero attached hydrogens (tertiary/aromatic N) is 4. The number of ether oxygens (including phenoxy) is 1. The maximum absolute atomic E-state index is 13.8. The second kappa shape index (κ2) is 9.61. The summed E-state index contributed by atoms with van der Waals surface area (Å²) in [6.45, 7) is 6.84. The molecule has 2 aliphatic heterocycles. The maximum atomic E-state index is 13.8. The summed E-state index contributed by atoms with van der Waals surface area (Å²) in [4.78, 5) is 33.8. The van der Waals surface area contributed by atoms with Crippen LogP contribution < -0.4 is 29.3 Å². The SMILES string of the molecule is C=CCn1c(=O)/c(=C2\Sc3ccc(OC)cc3N2CC)s/c1=C1/C(=O)N(c2ccccc2)C(=S)N1C. The summed E-state index contributed by atoms with van der Waals surface area (Å²) in [6.07, 6.45) is 1.67. The Hall–Kier alpha value is -3.34. The number of methoxy groups -OCH3 is 1. The first-order valence-corrected chi connectivity index (χ1v) is 13.3. The average molecular weight is 537 g/mol. The number of likely N-dealkylation sites (N-methyl/N-ethyl adjacent to an activating group) is 1. The third-order valence-corrected chi connectivity index (χ3v) is 9.00. The smallest absolute Gasteiger partial charge is 0.284 e. The Morgan fingerprint density at radius 1 is 1.14 bits per heavy atom. The summed E-state index contributed by atoms with van der Waals surface area (Å²) < 4.78 is 8.16. The molecule has 0 radical (unpaired) electrons. The van der Waals surface area contributed by atoms with Crippen LogP contribution in [0.4, 0.5) is 11.4 Å². The maximum Gasteiger partial charge on any atom is 0.284 e. The molecule has 1 aromatic heterocycles. The summed E-state index contributed by atoms with van der Waals surface area (Å²) in [5, 5.41) is 1.21. The quantitative estimate of drug-likeness (QED) is 0.367. The Kier molecular flexibility index (Phi) is 6.50. The number of benzene rings is 2. The van der Waals surface area contributed by atoms with E-state index >= 15 is 0 Å². The number of carbonyl (C=O) groups excluding carboxylic acids is 1. The van der Waals surface area contributed by atoms with Gasteiger partial charge in [0.15, 0.2) is 5.11 Å². The monoisotopic (exact) mass is 536 g/mol. The number of thioether (sulfide) groups is 1. The molecular weight excluding hydrogens is 513 g/mol. The number of rotatable bonds is 5. The van der Waals surface area contributed by atoms with Crippen LogP contribution in [0.15, 0.2) is 70.9 Å². The van der Waals surface area contributed by atoms with Gasteiger partial charge in [0, 0.05) is 31.1 Å². The van der Waals surface area contributed by atoms with Gasteiger partial charge in [-0.15, -0.1) is 17.9 Å². The van der Waals surface area contributed by atoms with Crippen LogP contribution in [0.1, 0.15) is 6.92 Å². The van der Waals surface area contributed by atoms with E-state index < -0.39 is 0 Å². The molecule has 2 aromatic carbocycles. The van der Waals surface area contributed by atoms with E-state index in [-0.39, 0.29) is 18.0 Å². The fourth-order valence-electron chi connectivity index (χ4n) is 4.31. The molecule has 3 aromatic rings. The van der Waals surface area contributed by atoms with Gasteiger partial charge in [-0.05, 0) is 43.4 Å². The second-order valence-electron chi connectivity index (χ2n) is 8.09. The van der Waals surface area contributed by atoms with Crippen LogP contribution in [0.25, 0.3) is 10.7 Å². The van der Waals surface area contributed by atoms with Gasteiger partial charge >= 0.3 is 0 Å². The molecule has 0 aliphatic carbocycles. The van der Waals surface area contributed by atoms with Crippen molar-refractivity contribution in [3.8, 4) is 5.75 Å². The number of thiocarbonyl (C=S) groups is 1. The Balaban J connectivity index is 1.76. The zero-order valence-electron chi connectivity index (χ0n) is 20.1. The first-order chi connectivity index (χ1) is 17.4. The predicted octanol–water partition coefficient (Wildman–Crippen LogP) is 3.17. The van der Waals surface area contributed by atoms with Gasteiger partial charge in [-0.25, -0.2) is 0 Å². The molecule has 184 valence electrons. The van der Waals surface area contributed by atoms with Gasteiger partial charge in [-0.3, -0.25) is 19.1 Å². The number of hydrogen-bond acceptors (Lipinski definition) is 7. The lowest BCUT2D eigenvalue weighted by molar-refractivity contribution is -0.112. The van der Waals surface area contributed by atoms with Gasteiger partial charge in [-0.2, -0.15) is 0 Å². The van der Waals surface area contributed by atoms with Crippen LogP contribution in [0.2, 0.25) is 0 Å². The molecule has 1 fully saturated rings. The van der Waals surface area contributed by atoms with Crippen LogP contribution in [0, 0.1) is 0 Å². The van der Waals surface area contributed by atoms with E-state index in [1.165, 1.54) is 16.2 Å². The molecule has 36 heavy (non-hydrogen) atoms. The summed E-state index contributed by atoms with van der Waals surface area (Å²) in [5.74, 6) is 0.497. The number of hydrogen-bond donors (Lipinski definition) is 0. The molecule has 0 atom stereocenters. The summed E-state index contributed by atoms with van der Waals surface area (Å²) in [5.41, 5.74) is 1.91. The second-order valence-corrected chi connectivity index (χ2v) is 10.5. The van der Waals surface area contributed by atoms with Gasteiger partial charge in [0.05, 0.1) is 18.5 Å². The van der Waals surface area contributed by atoms with Crippen molar-refractivity contribution in [3.63, 3.8) is 0 Å². The van der Waals surface area contributed by atoms with E-state index in [0.29, 0.717) is 32.2 Å². The van der Waals surface area contributed by atoms with Crippen molar-refractivity contribution in [2.75, 3.05) is 30.5 Å². The summed E-state index contributed by atoms with van der Waals surface area (Å²) in [7, 11) is 3.40. The highest BCUT2D eigenvalue weighted by atomic mass is 32.2. The minimum absolute atomic E-state index is 0.159. The minimum atomic E-state index is -0.260. The van der Waals surface area contributed by atoms with Crippen LogP contribution in [0.3, 0.4) is 0 Å². The Bertz CT molecular complexity index is 1580. The van der Waals surface area contributed by atoms with E-state index in [9.17, 15) is 9.59 Å². The molecule has 0 saturated carbocycles. The largest absolute Gasteiger partial charge is 0.497 e. The highest BCUT2D eigenvalue weighted by Crippen LogP contribution is 2.47. The zero-order chi connectivity index (χ0) is 25.6. The van der Waals surface area contributed by atoms with Crippen molar-refractivity contribution in [1.29, 1.82) is 0 Å². The molecule has 5 rings (SSSR count). The number of amides is 1. The topological polar surface area (TPSA) is 58.0 Å². The van der Waals surface area contributed by atoms with Crippen molar-refractivity contribution in [2.24, 2.45) is 0 Å². The van der Waals surface area contributed by atoms with Crippen LogP contribution >= 0.6 is 35.3 Å². The van der Waals surface area contributed by atoms with E-state index in [1.807, 2.05) is 55.5 Å². The molecule has 1 saturated heterocycles. The van der Waals surface area contributed by atoms with Crippen molar-refractivity contribution in [2.45, 2.75) is 18.4 Å². The summed E-state index contributed by atoms with van der Waals surface area (Å²) in [6, 6.07) is 15.2. The van der Waals surface area contributed by atoms with Crippen LogP contribution in [0.5, 0.6) is 5.75 Å². The first-order valence-electron chi connectivity index (χ1n) is 11.3. The number of allylic oxidation sites excluding steroid dienone is 1. The minimum Gasteiger partial charge on any atom is -0.497 e. The molecule has 7 nitrogen and oxygen atoms in total. The standard InChI is InChI=1S/C26H24N4O3S3/c1-5-14-29-23(32)21(25-28(6-2)18-15-17(33-4)12-13-19(18)35-25)36-24(29)20-22(31)30(26(34)27(20)3)16-10-8-7-9-11-16/h5,7-13,15H,1,6,14H2,2-4H3/b24-20-,25-21+. The molecule has 10 heteroatoms. The van der Waals surface area contributed by atoms with Crippen molar-refractivity contribution in [3.05, 3.63) is 80.7 Å². The number of anilines is 2. The van der Waals surface area contributed by atoms with Crippen molar-refractivity contribution >= 4 is 68.4 Å². The predicted molar refractivity (Wildman–Crippen MR) is 151 cm³/mol. The van der Waals surface area contributed by atoms with Crippen LogP contribution in [-0.2, 0) is 11.3 Å². The van der Waals surface area contributed by atoms with Gasteiger partial charge in [0.25, 0.3) is 11.5 Å². The van der Waals surface area contributed by atoms with Gasteiger partial charge in [0.1, 0.15) is 25.7 Å². The lowest BCUT2D eigenvalue weighted by atomic mass is 10.2. The van der Waals surface area contributed by atoms with E-state index in [1.54, 1.807) is 41.5 Å². The lowest BCUT2D eigenvalue weighted by Crippen LogP contribution is -2.36. The highest BCUT2D eigenvalue weighted by Gasteiger charge is 2.39. The average Bonchev–Trinajstić information content (AvgIpc) is 3.48. The Morgan fingerprint density at radius 2 is 1.89 bits per heavy atom. The third-order valence-electron chi connectivity index (χ3n) is 6.05. The number of thiazole rings is 1. The van der Waals surface area contributed by atoms with Crippen LogP contribution in [-0.4, -0.2) is 41.2 Å². The first kappa shape index (κ1) is 24.4. The van der Waals surface area contributed by atoms with Crippen molar-refractivity contribution in [1.82, 2.24) is 9.47 Å². The van der Waals surface area contributed by atoms with Gasteiger partial charge in [-0.1, -0.05) is 36.0 Å². The Morgan fingerprint density at radius 3 is 2.56 bits per heavy atom. The molecule has 0 spiro atoms. The van der Waals surface area contributed by atoms with Gasteiger partial charge < -0.3 is 14.5 Å². The molecule has 0 unspecified atom stereocenters. The lowest BCUT2D eigenvalue weighted by Gasteiger charge is -2.17. The molecule has 2 aliphatic rings. The highest BCUT2D eigenvalue weighted by molar-refractivity contribution is 8.08. The molecule has 1 amide bonds. The molecule has 0 N–H and O–H groups in total. The van der Waals surface area contributed by atoms with E-state index in [4.69, 9.17) is 17.0 Å². The van der Waals surface area contributed by atoms with E-state index in [0.717, 1.165) is 21.4 Å². The number of para-hydroxylation sites is 1. The third kappa shape index (κ3) is 3.76. The fraction of sp³-hybridized carbons (Fsp3) is 0.192. The fourth-order valence-corrected chi connectivity index (χ4v) is 7.15. The van der Waals surface area contributed by atoms with E-state index in [2.05, 4.69) is 11.5 Å². The number of fused-ring (bicyclic) bond motifs is 1. The van der Waals surface area contributed by atoms with Crippen molar-refractivity contribution < 1.29 is 9.53 Å². The molecular formula is C26H24N4O3S3. The number of aromatic nitrogens is 1. The normalized spacial score (nSPS) is 18.2. The molecule has 3 heterocycles. The zero-order valence-corrected chi connectivity index (χ0v) is 22.5.